The number of hydrogen-bond acceptors (Lipinski definition) is 5. The Kier molecular flexibility index (Phi) is 4.80. The first-order chi connectivity index (χ1) is 16.6. The first-order valence-electron chi connectivity index (χ1n) is 11.6. The number of terminal acetylenes is 1. The minimum atomic E-state index is -0.219. The Labute approximate surface area is 197 Å². The van der Waals surface area contributed by atoms with E-state index >= 15 is 0 Å². The molecule has 2 aromatic rings. The summed E-state index contributed by atoms with van der Waals surface area (Å²) in [7, 11) is 0. The smallest absolute Gasteiger partial charge is 0.238 e. The van der Waals surface area contributed by atoms with Crippen LogP contribution < -0.4 is 14.4 Å². The number of imide groups is 1. The molecule has 2 saturated carbocycles. The summed E-state index contributed by atoms with van der Waals surface area (Å²) in [5, 5.41) is 0. The molecule has 0 spiro atoms. The zero-order chi connectivity index (χ0) is 23.4. The predicted octanol–water partition coefficient (Wildman–Crippen LogP) is 3.52. The number of allylic oxidation sites excluding steroid dienone is 2. The molecule has 7 rings (SSSR count). The Morgan fingerprint density at radius 1 is 0.882 bits per heavy atom. The maximum atomic E-state index is 13.2. The topological polar surface area (TPSA) is 72.9 Å². The second-order valence-electron chi connectivity index (χ2n) is 9.39. The van der Waals surface area contributed by atoms with Crippen LogP contribution in [0.4, 0.5) is 5.69 Å². The lowest BCUT2D eigenvalue weighted by atomic mass is 9.63. The molecule has 1 saturated heterocycles. The van der Waals surface area contributed by atoms with Gasteiger partial charge in [-0.25, -0.2) is 0 Å². The highest BCUT2D eigenvalue weighted by atomic mass is 16.5. The van der Waals surface area contributed by atoms with Crippen molar-refractivity contribution in [2.24, 2.45) is 35.5 Å². The van der Waals surface area contributed by atoms with E-state index in [1.807, 2.05) is 0 Å². The Morgan fingerprint density at radius 2 is 1.44 bits per heavy atom. The highest BCUT2D eigenvalue weighted by Crippen LogP contribution is 2.65. The number of carbonyl (C=O) groups excluding carboxylic acids is 3. The molecule has 170 valence electrons. The lowest BCUT2D eigenvalue weighted by molar-refractivity contribution is -0.124. The largest absolute Gasteiger partial charge is 0.485 e. The second-order valence-corrected chi connectivity index (χ2v) is 9.39. The van der Waals surface area contributed by atoms with Gasteiger partial charge in [-0.2, -0.15) is 0 Å². The van der Waals surface area contributed by atoms with Crippen LogP contribution in [0.15, 0.2) is 60.7 Å². The number of ether oxygens (including phenoxy) is 2. The fourth-order valence-electron chi connectivity index (χ4n) is 6.00. The lowest BCUT2D eigenvalue weighted by Crippen LogP contribution is -2.40. The van der Waals surface area contributed by atoms with Crippen molar-refractivity contribution in [3.05, 3.63) is 66.2 Å². The standard InChI is InChI=1S/C28H23NO5/c1-2-13-33-18-7-3-16(4-8-18)24(30)15-34-19-9-5-17(6-10-19)29-27(31)25-20-11-12-21(23-14-22(20)23)26(25)28(29)32/h1,3-12,20-23,25-26H,13-15H2/t20-,21+,22?,23?,25-,26+. The van der Waals surface area contributed by atoms with Crippen molar-refractivity contribution in [3.8, 4) is 23.8 Å². The number of rotatable bonds is 7. The highest BCUT2D eigenvalue weighted by molar-refractivity contribution is 6.22. The molecule has 6 nitrogen and oxygen atoms in total. The van der Waals surface area contributed by atoms with Crippen molar-refractivity contribution < 1.29 is 23.9 Å². The summed E-state index contributed by atoms with van der Waals surface area (Å²) in [6.07, 6.45) is 10.6. The summed E-state index contributed by atoms with van der Waals surface area (Å²) in [4.78, 5) is 40.2. The summed E-state index contributed by atoms with van der Waals surface area (Å²) in [5.74, 6) is 4.25. The number of carbonyl (C=O) groups is 3. The molecule has 34 heavy (non-hydrogen) atoms. The normalized spacial score (nSPS) is 29.9. The average molecular weight is 453 g/mol. The summed E-state index contributed by atoms with van der Waals surface area (Å²) in [6, 6.07) is 13.5. The molecule has 4 aliphatic carbocycles. The molecule has 6 heteroatoms. The number of nitrogens with zero attached hydrogens (tertiary/aromatic N) is 1. The molecule has 6 atom stereocenters. The van der Waals surface area contributed by atoms with Gasteiger partial charge in [0, 0.05) is 5.56 Å². The molecular weight excluding hydrogens is 430 g/mol. The molecule has 3 fully saturated rings. The fraction of sp³-hybridized carbons (Fsp3) is 0.321. The fourth-order valence-corrected chi connectivity index (χ4v) is 6.00. The van der Waals surface area contributed by atoms with E-state index in [2.05, 4.69) is 18.1 Å². The molecule has 1 heterocycles. The average Bonchev–Trinajstić information content (AvgIpc) is 3.65. The number of ketones is 1. The predicted molar refractivity (Wildman–Crippen MR) is 124 cm³/mol. The lowest BCUT2D eigenvalue weighted by Gasteiger charge is -2.37. The van der Waals surface area contributed by atoms with E-state index in [1.165, 1.54) is 4.90 Å². The van der Waals surface area contributed by atoms with Gasteiger partial charge in [0.15, 0.2) is 12.4 Å². The Balaban J connectivity index is 1.10. The van der Waals surface area contributed by atoms with Crippen LogP contribution in [0.1, 0.15) is 16.8 Å². The third-order valence-corrected chi connectivity index (χ3v) is 7.63. The van der Waals surface area contributed by atoms with E-state index in [-0.39, 0.29) is 54.5 Å². The summed E-state index contributed by atoms with van der Waals surface area (Å²) in [6.45, 7) is 0.0366. The van der Waals surface area contributed by atoms with Crippen molar-refractivity contribution in [1.82, 2.24) is 0 Å². The molecule has 0 radical (unpaired) electrons. The summed E-state index contributed by atoms with van der Waals surface area (Å²) < 4.78 is 10.9. The number of anilines is 1. The van der Waals surface area contributed by atoms with Gasteiger partial charge in [0.25, 0.3) is 0 Å². The Morgan fingerprint density at radius 3 is 2.03 bits per heavy atom. The van der Waals surface area contributed by atoms with Gasteiger partial charge >= 0.3 is 0 Å². The van der Waals surface area contributed by atoms with E-state index in [4.69, 9.17) is 15.9 Å². The van der Waals surface area contributed by atoms with Crippen molar-refractivity contribution >= 4 is 23.3 Å². The molecule has 2 bridgehead atoms. The van der Waals surface area contributed by atoms with E-state index in [1.54, 1.807) is 48.5 Å². The van der Waals surface area contributed by atoms with Gasteiger partial charge in [-0.3, -0.25) is 19.3 Å². The monoisotopic (exact) mass is 453 g/mol. The maximum Gasteiger partial charge on any atom is 0.238 e. The first kappa shape index (κ1) is 20.7. The van der Waals surface area contributed by atoms with Gasteiger partial charge in [-0.15, -0.1) is 6.42 Å². The van der Waals surface area contributed by atoms with Crippen LogP contribution in [-0.4, -0.2) is 30.8 Å². The van der Waals surface area contributed by atoms with Gasteiger partial charge in [0.05, 0.1) is 17.5 Å². The molecule has 2 aromatic carbocycles. The number of Topliss-reactive ketones (excluding diaryl/α,β-unsaturated/α-hetero) is 1. The van der Waals surface area contributed by atoms with Crippen molar-refractivity contribution in [2.45, 2.75) is 6.42 Å². The molecule has 0 aromatic heterocycles. The number of benzene rings is 2. The van der Waals surface area contributed by atoms with Crippen LogP contribution >= 0.6 is 0 Å². The summed E-state index contributed by atoms with van der Waals surface area (Å²) in [5.41, 5.74) is 1.06. The second kappa shape index (κ2) is 7.88. The maximum absolute atomic E-state index is 13.2. The van der Waals surface area contributed by atoms with Crippen LogP contribution in [-0.2, 0) is 9.59 Å². The van der Waals surface area contributed by atoms with E-state index in [0.717, 1.165) is 6.42 Å². The molecular formula is C28H23NO5. The molecule has 2 unspecified atom stereocenters. The third kappa shape index (κ3) is 3.23. The third-order valence-electron chi connectivity index (χ3n) is 7.63. The SMILES string of the molecule is C#CCOc1ccc(C(=O)COc2ccc(N3C(=O)[C@@H]4[C@H](C3=O)[C@@H]3C=C[C@H]4C4CC43)cc2)cc1. The summed E-state index contributed by atoms with van der Waals surface area (Å²) >= 11 is 0. The van der Waals surface area contributed by atoms with Crippen LogP contribution in [0, 0.1) is 47.9 Å². The van der Waals surface area contributed by atoms with Crippen molar-refractivity contribution in [2.75, 3.05) is 18.1 Å². The highest BCUT2D eigenvalue weighted by Gasteiger charge is 2.67. The molecule has 0 N–H and O–H groups in total. The minimum absolute atomic E-state index is 0.0850. The van der Waals surface area contributed by atoms with E-state index in [0.29, 0.717) is 34.6 Å². The van der Waals surface area contributed by atoms with Crippen LogP contribution in [0.25, 0.3) is 0 Å². The molecule has 2 amide bonds. The molecule has 5 aliphatic rings. The van der Waals surface area contributed by atoms with Gasteiger partial charge < -0.3 is 9.47 Å². The van der Waals surface area contributed by atoms with Crippen molar-refractivity contribution in [3.63, 3.8) is 0 Å². The van der Waals surface area contributed by atoms with Gasteiger partial charge in [0.2, 0.25) is 11.8 Å². The van der Waals surface area contributed by atoms with Crippen LogP contribution in [0.2, 0.25) is 0 Å². The minimum Gasteiger partial charge on any atom is -0.485 e. The van der Waals surface area contributed by atoms with E-state index in [9.17, 15) is 14.4 Å². The number of hydrogen-bond donors (Lipinski definition) is 0. The van der Waals surface area contributed by atoms with E-state index < -0.39 is 0 Å². The first-order valence-corrected chi connectivity index (χ1v) is 11.6. The Bertz CT molecular complexity index is 1200. The van der Waals surface area contributed by atoms with Crippen molar-refractivity contribution in [1.29, 1.82) is 0 Å². The van der Waals surface area contributed by atoms with Crippen LogP contribution in [0.5, 0.6) is 11.5 Å². The number of amides is 2. The zero-order valence-electron chi connectivity index (χ0n) is 18.4. The molecule has 1 aliphatic heterocycles. The zero-order valence-corrected chi connectivity index (χ0v) is 18.4. The Hall–Kier alpha value is -3.85. The van der Waals surface area contributed by atoms with Gasteiger partial charge in [-0.05, 0) is 78.6 Å². The van der Waals surface area contributed by atoms with Gasteiger partial charge in [0.1, 0.15) is 18.1 Å². The quantitative estimate of drug-likeness (QED) is 0.278. The van der Waals surface area contributed by atoms with Crippen LogP contribution in [0.3, 0.4) is 0 Å². The van der Waals surface area contributed by atoms with Gasteiger partial charge in [-0.1, -0.05) is 18.1 Å².